The molecule has 0 spiro atoms. The Hall–Kier alpha value is -2.24. The lowest BCUT2D eigenvalue weighted by molar-refractivity contribution is -0.132. The van der Waals surface area contributed by atoms with E-state index in [9.17, 15) is 9.59 Å². The Morgan fingerprint density at radius 2 is 1.90 bits per heavy atom. The SMILES string of the molecule is CC(C)C1NC(=O)CN(c2ccc3c(c2)OCCO3)C1=O. The van der Waals surface area contributed by atoms with Crippen LogP contribution in [0.25, 0.3) is 0 Å². The molecule has 0 radical (unpaired) electrons. The van der Waals surface area contributed by atoms with Gasteiger partial charge in [0.2, 0.25) is 11.8 Å². The van der Waals surface area contributed by atoms with E-state index in [1.165, 1.54) is 4.90 Å². The van der Waals surface area contributed by atoms with Gasteiger partial charge in [-0.25, -0.2) is 0 Å². The van der Waals surface area contributed by atoms with E-state index in [2.05, 4.69) is 5.32 Å². The van der Waals surface area contributed by atoms with Crippen LogP contribution >= 0.6 is 0 Å². The summed E-state index contributed by atoms with van der Waals surface area (Å²) in [6.07, 6.45) is 0. The van der Waals surface area contributed by atoms with Crippen molar-refractivity contribution < 1.29 is 19.1 Å². The molecule has 0 saturated carbocycles. The first-order valence-electron chi connectivity index (χ1n) is 7.06. The number of amides is 2. The molecule has 21 heavy (non-hydrogen) atoms. The molecule has 3 rings (SSSR count). The Morgan fingerprint density at radius 1 is 1.19 bits per heavy atom. The number of carbonyl (C=O) groups is 2. The fourth-order valence-electron chi connectivity index (χ4n) is 2.54. The van der Waals surface area contributed by atoms with Crippen LogP contribution in [0.15, 0.2) is 18.2 Å². The molecule has 6 nitrogen and oxygen atoms in total. The number of ether oxygens (including phenoxy) is 2. The molecule has 1 aromatic rings. The molecule has 0 aliphatic carbocycles. The third-order valence-electron chi connectivity index (χ3n) is 3.65. The Labute approximate surface area is 123 Å². The first-order valence-corrected chi connectivity index (χ1v) is 7.06. The maximum Gasteiger partial charge on any atom is 0.250 e. The van der Waals surface area contributed by atoms with Crippen molar-refractivity contribution in [1.29, 1.82) is 0 Å². The standard InChI is InChI=1S/C15H18N2O4/c1-9(2)14-15(19)17(8-13(18)16-14)10-3-4-11-12(7-10)21-6-5-20-11/h3-4,7,9,14H,5-6,8H2,1-2H3,(H,16,18). The average molecular weight is 290 g/mol. The summed E-state index contributed by atoms with van der Waals surface area (Å²) >= 11 is 0. The Kier molecular flexibility index (Phi) is 3.45. The molecule has 1 N–H and O–H groups in total. The number of anilines is 1. The first-order chi connectivity index (χ1) is 10.1. The maximum absolute atomic E-state index is 12.5. The maximum atomic E-state index is 12.5. The predicted molar refractivity (Wildman–Crippen MR) is 76.6 cm³/mol. The lowest BCUT2D eigenvalue weighted by Crippen LogP contribution is -2.60. The highest BCUT2D eigenvalue weighted by Crippen LogP contribution is 2.34. The van der Waals surface area contributed by atoms with Gasteiger partial charge in [-0.05, 0) is 18.1 Å². The van der Waals surface area contributed by atoms with E-state index >= 15 is 0 Å². The van der Waals surface area contributed by atoms with E-state index < -0.39 is 6.04 Å². The highest BCUT2D eigenvalue weighted by molar-refractivity contribution is 6.06. The smallest absolute Gasteiger partial charge is 0.250 e. The molecule has 1 aromatic carbocycles. The molecule has 6 heteroatoms. The third-order valence-corrected chi connectivity index (χ3v) is 3.65. The molecular weight excluding hydrogens is 272 g/mol. The van der Waals surface area contributed by atoms with Gasteiger partial charge in [0.05, 0.1) is 0 Å². The number of carbonyl (C=O) groups excluding carboxylic acids is 2. The summed E-state index contributed by atoms with van der Waals surface area (Å²) in [6, 6.07) is 4.82. The van der Waals surface area contributed by atoms with Gasteiger partial charge in [-0.1, -0.05) is 13.8 Å². The van der Waals surface area contributed by atoms with Gasteiger partial charge < -0.3 is 19.7 Å². The van der Waals surface area contributed by atoms with Gasteiger partial charge in [-0.15, -0.1) is 0 Å². The van der Waals surface area contributed by atoms with Crippen molar-refractivity contribution in [2.45, 2.75) is 19.9 Å². The van der Waals surface area contributed by atoms with Gasteiger partial charge >= 0.3 is 0 Å². The number of hydrogen-bond donors (Lipinski definition) is 1. The summed E-state index contributed by atoms with van der Waals surface area (Å²) in [4.78, 5) is 25.9. The zero-order valence-corrected chi connectivity index (χ0v) is 12.1. The monoisotopic (exact) mass is 290 g/mol. The van der Waals surface area contributed by atoms with Crippen LogP contribution in [-0.4, -0.2) is 37.6 Å². The number of nitrogens with zero attached hydrogens (tertiary/aromatic N) is 1. The zero-order valence-electron chi connectivity index (χ0n) is 12.1. The molecular formula is C15H18N2O4. The fourth-order valence-corrected chi connectivity index (χ4v) is 2.54. The number of hydrogen-bond acceptors (Lipinski definition) is 4. The second-order valence-electron chi connectivity index (χ2n) is 5.54. The number of fused-ring (bicyclic) bond motifs is 1. The minimum absolute atomic E-state index is 0.0295. The van der Waals surface area contributed by atoms with Crippen molar-refractivity contribution in [3.63, 3.8) is 0 Å². The van der Waals surface area contributed by atoms with Crippen LogP contribution in [0.4, 0.5) is 5.69 Å². The molecule has 2 amide bonds. The molecule has 2 aliphatic heterocycles. The van der Waals surface area contributed by atoms with Gasteiger partial charge in [-0.2, -0.15) is 0 Å². The fraction of sp³-hybridized carbons (Fsp3) is 0.467. The summed E-state index contributed by atoms with van der Waals surface area (Å²) in [5.41, 5.74) is 0.657. The van der Waals surface area contributed by atoms with E-state index in [4.69, 9.17) is 9.47 Å². The second kappa shape index (κ2) is 5.27. The first kappa shape index (κ1) is 13.7. The average Bonchev–Trinajstić information content (AvgIpc) is 2.48. The summed E-state index contributed by atoms with van der Waals surface area (Å²) in [6.45, 7) is 4.86. The second-order valence-corrected chi connectivity index (χ2v) is 5.54. The minimum Gasteiger partial charge on any atom is -0.486 e. The van der Waals surface area contributed by atoms with E-state index in [1.807, 2.05) is 13.8 Å². The zero-order chi connectivity index (χ0) is 15.0. The van der Waals surface area contributed by atoms with Crippen LogP contribution in [0.5, 0.6) is 11.5 Å². The molecule has 1 fully saturated rings. The molecule has 1 saturated heterocycles. The molecule has 2 aliphatic rings. The van der Waals surface area contributed by atoms with Crippen molar-refractivity contribution >= 4 is 17.5 Å². The largest absolute Gasteiger partial charge is 0.486 e. The Balaban J connectivity index is 1.91. The molecule has 112 valence electrons. The molecule has 1 atom stereocenters. The van der Waals surface area contributed by atoms with Crippen LogP contribution in [-0.2, 0) is 9.59 Å². The summed E-state index contributed by atoms with van der Waals surface area (Å²) in [5, 5.41) is 2.74. The highest BCUT2D eigenvalue weighted by Gasteiger charge is 2.35. The van der Waals surface area contributed by atoms with Crippen molar-refractivity contribution in [3.8, 4) is 11.5 Å². The van der Waals surface area contributed by atoms with Crippen LogP contribution in [0.3, 0.4) is 0 Å². The van der Waals surface area contributed by atoms with Crippen molar-refractivity contribution in [2.24, 2.45) is 5.92 Å². The Bertz CT molecular complexity index is 585. The van der Waals surface area contributed by atoms with E-state index in [1.54, 1.807) is 18.2 Å². The van der Waals surface area contributed by atoms with Gasteiger partial charge in [0, 0.05) is 11.8 Å². The van der Waals surface area contributed by atoms with Crippen molar-refractivity contribution in [3.05, 3.63) is 18.2 Å². The minimum atomic E-state index is -0.487. The lowest BCUT2D eigenvalue weighted by atomic mass is 10.0. The van der Waals surface area contributed by atoms with Crippen LogP contribution in [0.1, 0.15) is 13.8 Å². The number of nitrogens with one attached hydrogen (secondary N) is 1. The quantitative estimate of drug-likeness (QED) is 0.880. The summed E-state index contributed by atoms with van der Waals surface area (Å²) in [5.74, 6) is 1.07. The van der Waals surface area contributed by atoms with Crippen molar-refractivity contribution in [1.82, 2.24) is 5.32 Å². The van der Waals surface area contributed by atoms with Gasteiger partial charge in [0.1, 0.15) is 25.8 Å². The normalized spacial score (nSPS) is 21.5. The third kappa shape index (κ3) is 2.53. The number of benzene rings is 1. The van der Waals surface area contributed by atoms with Crippen LogP contribution in [0, 0.1) is 5.92 Å². The van der Waals surface area contributed by atoms with E-state index in [0.29, 0.717) is 30.4 Å². The van der Waals surface area contributed by atoms with Gasteiger partial charge in [0.25, 0.3) is 0 Å². The number of rotatable bonds is 2. The van der Waals surface area contributed by atoms with Crippen LogP contribution < -0.4 is 19.7 Å². The van der Waals surface area contributed by atoms with E-state index in [-0.39, 0.29) is 24.3 Å². The molecule has 2 heterocycles. The Morgan fingerprint density at radius 3 is 2.62 bits per heavy atom. The predicted octanol–water partition coefficient (Wildman–Crippen LogP) is 0.945. The lowest BCUT2D eigenvalue weighted by Gasteiger charge is -2.34. The van der Waals surface area contributed by atoms with Gasteiger partial charge in [0.15, 0.2) is 11.5 Å². The molecule has 1 unspecified atom stereocenters. The summed E-state index contributed by atoms with van der Waals surface area (Å²) in [7, 11) is 0. The summed E-state index contributed by atoms with van der Waals surface area (Å²) < 4.78 is 11.0. The van der Waals surface area contributed by atoms with Gasteiger partial charge in [-0.3, -0.25) is 9.59 Å². The highest BCUT2D eigenvalue weighted by atomic mass is 16.6. The molecule has 0 bridgehead atoms. The number of piperazine rings is 1. The molecule has 0 aromatic heterocycles. The van der Waals surface area contributed by atoms with Crippen molar-refractivity contribution in [2.75, 3.05) is 24.7 Å². The van der Waals surface area contributed by atoms with E-state index in [0.717, 1.165) is 0 Å². The van der Waals surface area contributed by atoms with Crippen LogP contribution in [0.2, 0.25) is 0 Å². The topological polar surface area (TPSA) is 67.9 Å².